The first kappa shape index (κ1) is 29.9. The van der Waals surface area contributed by atoms with Gasteiger partial charge in [0.05, 0.1) is 25.4 Å². The van der Waals surface area contributed by atoms with Crippen molar-refractivity contribution in [3.8, 4) is 34.1 Å². The molecule has 0 N–H and O–H groups in total. The van der Waals surface area contributed by atoms with Crippen LogP contribution >= 0.6 is 0 Å². The summed E-state index contributed by atoms with van der Waals surface area (Å²) in [4.78, 5) is 0. The van der Waals surface area contributed by atoms with E-state index in [2.05, 4.69) is 4.74 Å². The van der Waals surface area contributed by atoms with Gasteiger partial charge in [0.15, 0.2) is 17.5 Å². The van der Waals surface area contributed by atoms with E-state index in [4.69, 9.17) is 14.2 Å². The lowest BCUT2D eigenvalue weighted by atomic mass is 10.00. The molecule has 3 aromatic carbocycles. The van der Waals surface area contributed by atoms with Crippen LogP contribution in [0, 0.1) is 29.1 Å². The molecular formula is C28H27F7O4. The number of alkyl halides is 2. The van der Waals surface area contributed by atoms with Crippen molar-refractivity contribution in [2.24, 2.45) is 0 Å². The lowest BCUT2D eigenvalue weighted by molar-refractivity contribution is -0.189. The number of rotatable bonds is 13. The summed E-state index contributed by atoms with van der Waals surface area (Å²) in [5.41, 5.74) is -1.88. The highest BCUT2D eigenvalue weighted by Crippen LogP contribution is 2.45. The number of halogens is 7. The van der Waals surface area contributed by atoms with Crippen molar-refractivity contribution in [3.63, 3.8) is 0 Å². The molecule has 0 fully saturated rings. The molecule has 0 bridgehead atoms. The topological polar surface area (TPSA) is 36.9 Å². The Labute approximate surface area is 221 Å². The molecule has 0 aliphatic heterocycles. The number of ether oxygens (including phenoxy) is 4. The van der Waals surface area contributed by atoms with Gasteiger partial charge >= 0.3 is 6.11 Å². The van der Waals surface area contributed by atoms with Crippen LogP contribution in [-0.4, -0.2) is 19.8 Å². The van der Waals surface area contributed by atoms with Gasteiger partial charge in [-0.05, 0) is 37.0 Å². The maximum Gasteiger partial charge on any atom is 0.432 e. The number of hydrogen-bond donors (Lipinski definition) is 0. The van der Waals surface area contributed by atoms with Gasteiger partial charge in [0.2, 0.25) is 0 Å². The zero-order chi connectivity index (χ0) is 28.7. The molecule has 3 aromatic rings. The maximum absolute atomic E-state index is 15.1. The van der Waals surface area contributed by atoms with Crippen LogP contribution in [0.25, 0.3) is 11.1 Å². The Bertz CT molecular complexity index is 1220. The molecule has 4 nitrogen and oxygen atoms in total. The van der Waals surface area contributed by atoms with Gasteiger partial charge in [-0.25, -0.2) is 22.0 Å². The quantitative estimate of drug-likeness (QED) is 0.155. The molecule has 0 spiro atoms. The minimum Gasteiger partial charge on any atom is -0.493 e. The summed E-state index contributed by atoms with van der Waals surface area (Å²) in [5, 5.41) is 0. The summed E-state index contributed by atoms with van der Waals surface area (Å²) in [7, 11) is 0. The standard InChI is InChI=1S/C28H27F7O4/c1-4-7-36-17-14-23(37-8-5-2)25(24(15-17)38-9-6-3)16-10-19(29)26(20(30)11-16)28(34,35)39-18-12-21(31)27(33)22(32)13-18/h10-15H,4-9H2,1-3H3. The van der Waals surface area contributed by atoms with Crippen molar-refractivity contribution in [2.45, 2.75) is 46.1 Å². The fourth-order valence-corrected chi connectivity index (χ4v) is 3.59. The largest absolute Gasteiger partial charge is 0.493 e. The van der Waals surface area contributed by atoms with E-state index in [1.807, 2.05) is 20.8 Å². The Kier molecular flexibility index (Phi) is 9.93. The lowest BCUT2D eigenvalue weighted by Gasteiger charge is -2.22. The van der Waals surface area contributed by atoms with Gasteiger partial charge in [-0.3, -0.25) is 0 Å². The third-order valence-corrected chi connectivity index (χ3v) is 5.26. The molecular weight excluding hydrogens is 533 g/mol. The van der Waals surface area contributed by atoms with Gasteiger partial charge in [0, 0.05) is 24.3 Å². The Balaban J connectivity index is 2.10. The zero-order valence-electron chi connectivity index (χ0n) is 21.5. The summed E-state index contributed by atoms with van der Waals surface area (Å²) in [6, 6.07) is 4.57. The third kappa shape index (κ3) is 7.07. The van der Waals surface area contributed by atoms with E-state index >= 15 is 8.78 Å². The molecule has 0 heterocycles. The minimum absolute atomic E-state index is 0.108. The summed E-state index contributed by atoms with van der Waals surface area (Å²) in [6.45, 7) is 6.46. The predicted octanol–water partition coefficient (Wildman–Crippen LogP) is 8.54. The number of benzene rings is 3. The van der Waals surface area contributed by atoms with Crippen molar-refractivity contribution in [3.05, 3.63) is 71.0 Å². The van der Waals surface area contributed by atoms with Crippen molar-refractivity contribution < 1.29 is 49.7 Å². The molecule has 0 aliphatic carbocycles. The zero-order valence-corrected chi connectivity index (χ0v) is 21.5. The lowest BCUT2D eigenvalue weighted by Crippen LogP contribution is -2.25. The van der Waals surface area contributed by atoms with Crippen LogP contribution in [-0.2, 0) is 6.11 Å². The van der Waals surface area contributed by atoms with Crippen molar-refractivity contribution in [1.29, 1.82) is 0 Å². The van der Waals surface area contributed by atoms with E-state index in [0.717, 1.165) is 0 Å². The Morgan fingerprint density at radius 3 is 1.51 bits per heavy atom. The van der Waals surface area contributed by atoms with Crippen molar-refractivity contribution in [2.75, 3.05) is 19.8 Å². The van der Waals surface area contributed by atoms with Gasteiger partial charge in [-0.1, -0.05) is 20.8 Å². The highest BCUT2D eigenvalue weighted by atomic mass is 19.3. The van der Waals surface area contributed by atoms with E-state index in [1.54, 1.807) is 0 Å². The first-order valence-electron chi connectivity index (χ1n) is 12.3. The molecule has 0 aromatic heterocycles. The van der Waals surface area contributed by atoms with E-state index in [-0.39, 0.29) is 48.0 Å². The smallest absolute Gasteiger partial charge is 0.432 e. The highest BCUT2D eigenvalue weighted by Gasteiger charge is 2.42. The normalized spacial score (nSPS) is 11.4. The van der Waals surface area contributed by atoms with E-state index in [1.165, 1.54) is 12.1 Å². The molecule has 3 rings (SSSR count). The first-order chi connectivity index (χ1) is 18.5. The third-order valence-electron chi connectivity index (χ3n) is 5.26. The molecule has 212 valence electrons. The fourth-order valence-electron chi connectivity index (χ4n) is 3.59. The monoisotopic (exact) mass is 560 g/mol. The van der Waals surface area contributed by atoms with Crippen LogP contribution < -0.4 is 18.9 Å². The van der Waals surface area contributed by atoms with E-state index in [9.17, 15) is 22.0 Å². The second-order valence-corrected chi connectivity index (χ2v) is 8.47. The molecule has 0 radical (unpaired) electrons. The van der Waals surface area contributed by atoms with E-state index < -0.39 is 46.5 Å². The van der Waals surface area contributed by atoms with Gasteiger partial charge in [0.25, 0.3) is 0 Å². The minimum atomic E-state index is -4.72. The molecule has 0 aliphatic rings. The second-order valence-electron chi connectivity index (χ2n) is 8.47. The molecule has 0 unspecified atom stereocenters. The van der Waals surface area contributed by atoms with Crippen LogP contribution in [0.3, 0.4) is 0 Å². The summed E-state index contributed by atoms with van der Waals surface area (Å²) >= 11 is 0. The van der Waals surface area contributed by atoms with Crippen molar-refractivity contribution >= 4 is 0 Å². The summed E-state index contributed by atoms with van der Waals surface area (Å²) in [6.07, 6.45) is -2.81. The Hall–Kier alpha value is -3.63. The average molecular weight is 561 g/mol. The summed E-state index contributed by atoms with van der Waals surface area (Å²) < 4.78 is 121. The fraction of sp³-hybridized carbons (Fsp3) is 0.357. The highest BCUT2D eigenvalue weighted by molar-refractivity contribution is 5.78. The van der Waals surface area contributed by atoms with Crippen LogP contribution in [0.5, 0.6) is 23.0 Å². The molecule has 11 heteroatoms. The molecule has 0 saturated heterocycles. The molecule has 39 heavy (non-hydrogen) atoms. The van der Waals surface area contributed by atoms with Crippen molar-refractivity contribution in [1.82, 2.24) is 0 Å². The Morgan fingerprint density at radius 1 is 0.590 bits per heavy atom. The summed E-state index contributed by atoms with van der Waals surface area (Å²) in [5.74, 6) is -9.46. The molecule has 0 amide bonds. The van der Waals surface area contributed by atoms with Crippen LogP contribution in [0.2, 0.25) is 0 Å². The van der Waals surface area contributed by atoms with Gasteiger partial charge in [-0.15, -0.1) is 0 Å². The van der Waals surface area contributed by atoms with Crippen LogP contribution in [0.4, 0.5) is 30.7 Å². The van der Waals surface area contributed by atoms with Gasteiger partial charge in [0.1, 0.15) is 40.2 Å². The number of hydrogen-bond acceptors (Lipinski definition) is 4. The van der Waals surface area contributed by atoms with E-state index in [0.29, 0.717) is 43.8 Å². The second kappa shape index (κ2) is 12.9. The molecule has 0 saturated carbocycles. The maximum atomic E-state index is 15.1. The average Bonchev–Trinajstić information content (AvgIpc) is 2.86. The Morgan fingerprint density at radius 2 is 1.05 bits per heavy atom. The van der Waals surface area contributed by atoms with Gasteiger partial charge in [-0.2, -0.15) is 8.78 Å². The SMILES string of the molecule is CCCOc1cc(OCCC)c(-c2cc(F)c(C(F)(F)Oc3cc(F)c(F)c(F)c3)c(F)c2)c(OCCC)c1. The van der Waals surface area contributed by atoms with Gasteiger partial charge < -0.3 is 18.9 Å². The van der Waals surface area contributed by atoms with Crippen LogP contribution in [0.1, 0.15) is 45.6 Å². The predicted molar refractivity (Wildman–Crippen MR) is 130 cm³/mol. The molecule has 0 atom stereocenters. The first-order valence-corrected chi connectivity index (χ1v) is 12.3. The van der Waals surface area contributed by atoms with Crippen LogP contribution in [0.15, 0.2) is 36.4 Å².